The minimum absolute atomic E-state index is 0.189. The first-order valence-electron chi connectivity index (χ1n) is 13.7. The van der Waals surface area contributed by atoms with E-state index in [-0.39, 0.29) is 17.7 Å². The molecular weight excluding hydrogens is 603 g/mol. The van der Waals surface area contributed by atoms with Gasteiger partial charge in [-0.15, -0.1) is 0 Å². The molecule has 43 heavy (non-hydrogen) atoms. The number of nitrogens with zero attached hydrogens (tertiary/aromatic N) is 2. The van der Waals surface area contributed by atoms with E-state index < -0.39 is 12.0 Å². The zero-order valence-electron chi connectivity index (χ0n) is 23.3. The molecular formula is C34H26Cl2N2O4S. The van der Waals surface area contributed by atoms with Crippen molar-refractivity contribution >= 4 is 57.4 Å². The van der Waals surface area contributed by atoms with Crippen LogP contribution in [0, 0.1) is 0 Å². The van der Waals surface area contributed by atoms with E-state index in [0.717, 1.165) is 21.9 Å². The summed E-state index contributed by atoms with van der Waals surface area (Å²) in [5, 5.41) is 3.00. The fraction of sp³-hybridized carbons (Fsp3) is 0.147. The van der Waals surface area contributed by atoms with Gasteiger partial charge in [0, 0.05) is 15.6 Å². The summed E-state index contributed by atoms with van der Waals surface area (Å²) in [6.45, 7) is 3.98. The number of benzene rings is 4. The Bertz CT molecular complexity index is 2100. The van der Waals surface area contributed by atoms with Crippen molar-refractivity contribution in [1.29, 1.82) is 0 Å². The van der Waals surface area contributed by atoms with Crippen LogP contribution in [-0.4, -0.2) is 17.1 Å². The monoisotopic (exact) mass is 628 g/mol. The molecule has 1 aliphatic heterocycles. The maximum Gasteiger partial charge on any atom is 0.338 e. The molecule has 6 nitrogen and oxygen atoms in total. The number of thiazole rings is 1. The summed E-state index contributed by atoms with van der Waals surface area (Å²) in [7, 11) is 0. The molecule has 0 bridgehead atoms. The number of carbonyl (C=O) groups is 1. The topological polar surface area (TPSA) is 69.9 Å². The minimum Gasteiger partial charge on any atom is -0.488 e. The highest BCUT2D eigenvalue weighted by Crippen LogP contribution is 2.35. The van der Waals surface area contributed by atoms with E-state index in [1.54, 1.807) is 19.9 Å². The van der Waals surface area contributed by atoms with Gasteiger partial charge in [0.2, 0.25) is 0 Å². The largest absolute Gasteiger partial charge is 0.488 e. The number of halogens is 2. The highest BCUT2D eigenvalue weighted by atomic mass is 35.5. The second kappa shape index (κ2) is 12.2. The lowest BCUT2D eigenvalue weighted by Crippen LogP contribution is -2.40. The molecule has 5 aromatic rings. The van der Waals surface area contributed by atoms with Crippen LogP contribution in [0.25, 0.3) is 16.8 Å². The summed E-state index contributed by atoms with van der Waals surface area (Å²) in [6.07, 6.45) is 1.84. The van der Waals surface area contributed by atoms with Gasteiger partial charge < -0.3 is 9.47 Å². The number of fused-ring (bicyclic) bond motifs is 2. The number of esters is 1. The summed E-state index contributed by atoms with van der Waals surface area (Å²) in [6, 6.07) is 25.7. The highest BCUT2D eigenvalue weighted by Gasteiger charge is 2.34. The van der Waals surface area contributed by atoms with Gasteiger partial charge in [0.1, 0.15) is 18.4 Å². The average Bonchev–Trinajstić information content (AvgIpc) is 3.30. The summed E-state index contributed by atoms with van der Waals surface area (Å²) >= 11 is 14.1. The number of carbonyl (C=O) groups excluding carboxylic acids is 1. The first-order valence-corrected chi connectivity index (χ1v) is 15.3. The van der Waals surface area contributed by atoms with E-state index in [1.807, 2.05) is 84.9 Å². The van der Waals surface area contributed by atoms with Gasteiger partial charge in [0.15, 0.2) is 4.80 Å². The molecule has 0 aliphatic carbocycles. The van der Waals surface area contributed by atoms with Gasteiger partial charge in [0.25, 0.3) is 5.56 Å². The van der Waals surface area contributed by atoms with Crippen molar-refractivity contribution in [1.82, 2.24) is 4.57 Å². The molecule has 0 radical (unpaired) electrons. The van der Waals surface area contributed by atoms with Crippen LogP contribution in [0.1, 0.15) is 36.6 Å². The van der Waals surface area contributed by atoms with E-state index in [4.69, 9.17) is 32.7 Å². The Balaban J connectivity index is 1.54. The molecule has 0 N–H and O–H groups in total. The molecule has 0 amide bonds. The van der Waals surface area contributed by atoms with E-state index in [1.165, 1.54) is 15.9 Å². The molecule has 0 spiro atoms. The number of hydrogen-bond acceptors (Lipinski definition) is 6. The molecule has 0 saturated carbocycles. The molecule has 1 aliphatic rings. The van der Waals surface area contributed by atoms with Crippen molar-refractivity contribution in [2.24, 2.45) is 4.99 Å². The summed E-state index contributed by atoms with van der Waals surface area (Å²) < 4.78 is 13.7. The average molecular weight is 630 g/mol. The van der Waals surface area contributed by atoms with Crippen LogP contribution in [0.5, 0.6) is 5.75 Å². The van der Waals surface area contributed by atoms with E-state index >= 15 is 0 Å². The molecule has 6 rings (SSSR count). The Labute approximate surface area is 261 Å². The summed E-state index contributed by atoms with van der Waals surface area (Å²) in [4.78, 5) is 32.6. The SMILES string of the molecule is CCOC(=O)C1=C(C)N=c2s/c(=C\c3c(OCc4cccc(Cl)c4)ccc4ccccc34)c(=O)n2[C@@H]1c1ccccc1Cl. The Hall–Kier alpha value is -4.17. The van der Waals surface area contributed by atoms with Gasteiger partial charge in [-0.3, -0.25) is 9.36 Å². The van der Waals surface area contributed by atoms with Crippen LogP contribution in [0.3, 0.4) is 0 Å². The second-order valence-corrected chi connectivity index (χ2v) is 11.8. The van der Waals surface area contributed by atoms with Gasteiger partial charge >= 0.3 is 5.97 Å². The molecule has 4 aromatic carbocycles. The predicted molar refractivity (Wildman–Crippen MR) is 172 cm³/mol. The summed E-state index contributed by atoms with van der Waals surface area (Å²) in [5.41, 5.74) is 2.77. The highest BCUT2D eigenvalue weighted by molar-refractivity contribution is 7.07. The molecule has 1 atom stereocenters. The van der Waals surface area contributed by atoms with Gasteiger partial charge in [-0.2, -0.15) is 0 Å². The van der Waals surface area contributed by atoms with Crippen molar-refractivity contribution in [3.8, 4) is 5.75 Å². The van der Waals surface area contributed by atoms with Crippen LogP contribution >= 0.6 is 34.5 Å². The smallest absolute Gasteiger partial charge is 0.338 e. The van der Waals surface area contributed by atoms with Crippen LogP contribution in [0.15, 0.2) is 106 Å². The van der Waals surface area contributed by atoms with E-state index in [0.29, 0.717) is 43.0 Å². The standard InChI is InChI=1S/C34H26Cl2N2O4S/c1-3-41-33(40)30-20(2)37-34-38(31(30)25-13-6-7-14-27(25)36)32(39)29(43-34)18-26-24-12-5-4-10-22(24)15-16-28(26)42-19-21-9-8-11-23(35)17-21/h4-18,31H,3,19H2,1-2H3/b29-18-/t31-/m1/s1. The molecule has 0 fully saturated rings. The Morgan fingerprint density at radius 3 is 2.60 bits per heavy atom. The Kier molecular flexibility index (Phi) is 8.21. The zero-order chi connectivity index (χ0) is 30.1. The number of allylic oxidation sites excluding steroid dienone is 1. The van der Waals surface area contributed by atoms with Crippen LogP contribution in [-0.2, 0) is 16.1 Å². The minimum atomic E-state index is -0.794. The van der Waals surface area contributed by atoms with Crippen molar-refractivity contribution in [2.45, 2.75) is 26.5 Å². The van der Waals surface area contributed by atoms with Crippen LogP contribution in [0.4, 0.5) is 0 Å². The summed E-state index contributed by atoms with van der Waals surface area (Å²) in [5.74, 6) is 0.0873. The maximum atomic E-state index is 14.2. The third-order valence-electron chi connectivity index (χ3n) is 7.21. The van der Waals surface area contributed by atoms with Gasteiger partial charge in [-0.05, 0) is 66.1 Å². The van der Waals surface area contributed by atoms with Crippen molar-refractivity contribution in [2.75, 3.05) is 6.61 Å². The zero-order valence-corrected chi connectivity index (χ0v) is 25.7. The predicted octanol–water partition coefficient (Wildman–Crippen LogP) is 6.84. The number of aromatic nitrogens is 1. The second-order valence-electron chi connectivity index (χ2n) is 9.94. The van der Waals surface area contributed by atoms with Crippen LogP contribution in [0.2, 0.25) is 10.0 Å². The fourth-order valence-electron chi connectivity index (χ4n) is 5.25. The molecule has 9 heteroatoms. The van der Waals surface area contributed by atoms with Crippen molar-refractivity contribution in [3.63, 3.8) is 0 Å². The van der Waals surface area contributed by atoms with Crippen molar-refractivity contribution in [3.05, 3.63) is 143 Å². The van der Waals surface area contributed by atoms with Gasteiger partial charge in [0.05, 0.1) is 22.4 Å². The molecule has 0 saturated heterocycles. The quantitative estimate of drug-likeness (QED) is 0.185. The molecule has 0 unspecified atom stereocenters. The first-order chi connectivity index (χ1) is 20.9. The first kappa shape index (κ1) is 28.9. The molecule has 2 heterocycles. The lowest BCUT2D eigenvalue weighted by molar-refractivity contribution is -0.139. The van der Waals surface area contributed by atoms with Crippen molar-refractivity contribution < 1.29 is 14.3 Å². The van der Waals surface area contributed by atoms with E-state index in [2.05, 4.69) is 4.99 Å². The Morgan fingerprint density at radius 1 is 1.02 bits per heavy atom. The molecule has 1 aromatic heterocycles. The normalized spacial score (nSPS) is 14.9. The van der Waals surface area contributed by atoms with E-state index in [9.17, 15) is 9.59 Å². The third kappa shape index (κ3) is 5.64. The number of hydrogen-bond donors (Lipinski definition) is 0. The third-order valence-corrected chi connectivity index (χ3v) is 8.77. The van der Waals surface area contributed by atoms with Crippen LogP contribution < -0.4 is 19.6 Å². The number of ether oxygens (including phenoxy) is 2. The van der Waals surface area contributed by atoms with Gasteiger partial charge in [-0.1, -0.05) is 95.2 Å². The fourth-order valence-corrected chi connectivity index (χ4v) is 6.73. The Morgan fingerprint density at radius 2 is 1.81 bits per heavy atom. The maximum absolute atomic E-state index is 14.2. The lowest BCUT2D eigenvalue weighted by atomic mass is 9.96. The lowest BCUT2D eigenvalue weighted by Gasteiger charge is -2.25. The number of rotatable bonds is 7. The molecule has 216 valence electrons. The van der Waals surface area contributed by atoms with Gasteiger partial charge in [-0.25, -0.2) is 9.79 Å².